The first-order chi connectivity index (χ1) is 20.6. The van der Waals surface area contributed by atoms with Crippen molar-refractivity contribution in [3.8, 4) is 0 Å². The molecule has 2 aromatic carbocycles. The number of rotatable bonds is 14. The summed E-state index contributed by atoms with van der Waals surface area (Å²) in [4.78, 5) is 43.8. The number of amides is 2. The van der Waals surface area contributed by atoms with E-state index in [0.717, 1.165) is 12.0 Å². The number of benzene rings is 2. The van der Waals surface area contributed by atoms with E-state index >= 15 is 0 Å². The zero-order chi connectivity index (χ0) is 31.0. The molecule has 0 aliphatic rings. The van der Waals surface area contributed by atoms with Gasteiger partial charge in [0.2, 0.25) is 21.8 Å². The van der Waals surface area contributed by atoms with Crippen molar-refractivity contribution in [2.24, 2.45) is 5.14 Å². The Morgan fingerprint density at radius 3 is 2.40 bits per heavy atom. The monoisotopic (exact) mass is 641 g/mol. The molecule has 0 aliphatic heterocycles. The molecule has 2 aromatic heterocycles. The van der Waals surface area contributed by atoms with E-state index in [-0.39, 0.29) is 35.2 Å². The third-order valence-electron chi connectivity index (χ3n) is 6.84. The van der Waals surface area contributed by atoms with Crippen molar-refractivity contribution < 1.29 is 18.0 Å². The number of anilines is 1. The Morgan fingerprint density at radius 2 is 1.74 bits per heavy atom. The topological polar surface area (TPSA) is 153 Å². The van der Waals surface area contributed by atoms with Crippen LogP contribution in [0.15, 0.2) is 74.8 Å². The number of nitrogens with one attached hydrogen (secondary N) is 2. The van der Waals surface area contributed by atoms with Crippen LogP contribution in [0.3, 0.4) is 0 Å². The molecule has 2 amide bonds. The SMILES string of the molecule is CCc1ccc(NC(=O)[C@@H](CC)Sc2nc3ccsc3c(=O)n2CCCC(=O)NCCc2ccc(S(N)(=O)=O)cc2)cc1. The first kappa shape index (κ1) is 32.4. The number of aromatic nitrogens is 2. The molecule has 4 N–H and O–H groups in total. The number of carbonyl (C=O) groups excluding carboxylic acids is 2. The van der Waals surface area contributed by atoms with Crippen molar-refractivity contribution in [1.29, 1.82) is 0 Å². The molecule has 4 rings (SSSR count). The lowest BCUT2D eigenvalue weighted by Crippen LogP contribution is -2.29. The maximum atomic E-state index is 13.4. The van der Waals surface area contributed by atoms with Gasteiger partial charge in [-0.15, -0.1) is 11.3 Å². The van der Waals surface area contributed by atoms with Crippen LogP contribution in [0.2, 0.25) is 0 Å². The number of fused-ring (bicyclic) bond motifs is 1. The number of carbonyl (C=O) groups is 2. The molecule has 0 bridgehead atoms. The number of thioether (sulfide) groups is 1. The molecule has 2 heterocycles. The molecule has 10 nitrogen and oxygen atoms in total. The van der Waals surface area contributed by atoms with Crippen LogP contribution in [0.4, 0.5) is 5.69 Å². The Bertz CT molecular complexity index is 1730. The third kappa shape index (κ3) is 8.75. The van der Waals surface area contributed by atoms with Crippen LogP contribution >= 0.6 is 23.1 Å². The predicted octanol–water partition coefficient (Wildman–Crippen LogP) is 4.32. The number of nitrogens with two attached hydrogens (primary N) is 1. The van der Waals surface area contributed by atoms with Gasteiger partial charge in [-0.05, 0) is 72.5 Å². The molecule has 0 saturated carbocycles. The van der Waals surface area contributed by atoms with Gasteiger partial charge in [-0.1, -0.05) is 49.9 Å². The lowest BCUT2D eigenvalue weighted by molar-refractivity contribution is -0.121. The highest BCUT2D eigenvalue weighted by atomic mass is 32.2. The Labute approximate surface area is 259 Å². The van der Waals surface area contributed by atoms with E-state index in [4.69, 9.17) is 10.1 Å². The van der Waals surface area contributed by atoms with Gasteiger partial charge in [0.05, 0.1) is 15.7 Å². The van der Waals surface area contributed by atoms with Crippen LogP contribution < -0.4 is 21.3 Å². The van der Waals surface area contributed by atoms with Crippen molar-refractivity contribution in [2.75, 3.05) is 11.9 Å². The van der Waals surface area contributed by atoms with Gasteiger partial charge in [0.1, 0.15) is 4.70 Å². The molecule has 0 radical (unpaired) electrons. The van der Waals surface area contributed by atoms with Crippen molar-refractivity contribution >= 4 is 60.8 Å². The second-order valence-corrected chi connectivity index (χ2v) is 13.6. The van der Waals surface area contributed by atoms with Gasteiger partial charge in [-0.3, -0.25) is 19.0 Å². The minimum atomic E-state index is -3.75. The van der Waals surface area contributed by atoms with E-state index in [2.05, 4.69) is 17.6 Å². The standard InChI is InChI=1S/C30H35N5O5S3/c1-3-20-7-11-22(12-8-20)33-28(37)25(4-2)42-30-34-24-16-19-41-27(24)29(38)35(30)18-5-6-26(36)32-17-15-21-9-13-23(14-10-21)43(31,39)40/h7-14,16,19,25H,3-6,15,17-18H2,1-2H3,(H,32,36)(H,33,37)(H2,31,39,40)/t25-/m1/s1. The third-order valence-corrected chi connectivity index (χ3v) is 10.0. The summed E-state index contributed by atoms with van der Waals surface area (Å²) in [6.07, 6.45) is 2.59. The summed E-state index contributed by atoms with van der Waals surface area (Å²) in [7, 11) is -3.75. The largest absolute Gasteiger partial charge is 0.356 e. The first-order valence-electron chi connectivity index (χ1n) is 14.0. The molecule has 0 aliphatic carbocycles. The smallest absolute Gasteiger partial charge is 0.272 e. The van der Waals surface area contributed by atoms with Gasteiger partial charge in [-0.2, -0.15) is 0 Å². The summed E-state index contributed by atoms with van der Waals surface area (Å²) in [6.45, 7) is 4.65. The molecule has 0 fully saturated rings. The van der Waals surface area contributed by atoms with Gasteiger partial charge in [-0.25, -0.2) is 18.5 Å². The summed E-state index contributed by atoms with van der Waals surface area (Å²) >= 11 is 2.57. The number of sulfonamides is 1. The number of hydrogen-bond acceptors (Lipinski definition) is 8. The lowest BCUT2D eigenvalue weighted by Gasteiger charge is -2.17. The first-order valence-corrected chi connectivity index (χ1v) is 17.3. The van der Waals surface area contributed by atoms with Crippen LogP contribution in [0.5, 0.6) is 0 Å². The second kappa shape index (κ2) is 14.8. The van der Waals surface area contributed by atoms with Crippen molar-refractivity contribution in [1.82, 2.24) is 14.9 Å². The summed E-state index contributed by atoms with van der Waals surface area (Å²) in [5, 5.41) is 12.8. The van der Waals surface area contributed by atoms with E-state index in [1.165, 1.54) is 40.8 Å². The van der Waals surface area contributed by atoms with Crippen molar-refractivity contribution in [3.63, 3.8) is 0 Å². The average molecular weight is 642 g/mol. The Kier molecular flexibility index (Phi) is 11.1. The van der Waals surface area contributed by atoms with E-state index < -0.39 is 15.3 Å². The van der Waals surface area contributed by atoms with Gasteiger partial charge < -0.3 is 10.6 Å². The molecule has 43 heavy (non-hydrogen) atoms. The fourth-order valence-electron chi connectivity index (χ4n) is 4.38. The summed E-state index contributed by atoms with van der Waals surface area (Å²) in [5.74, 6) is -0.324. The second-order valence-electron chi connectivity index (χ2n) is 9.93. The van der Waals surface area contributed by atoms with Gasteiger partial charge in [0.15, 0.2) is 5.16 Å². The van der Waals surface area contributed by atoms with E-state index in [1.807, 2.05) is 36.6 Å². The van der Waals surface area contributed by atoms with Crippen LogP contribution in [-0.2, 0) is 39.0 Å². The van der Waals surface area contributed by atoms with E-state index in [0.29, 0.717) is 46.9 Å². The Morgan fingerprint density at radius 1 is 1.05 bits per heavy atom. The maximum absolute atomic E-state index is 13.4. The average Bonchev–Trinajstić information content (AvgIpc) is 3.46. The van der Waals surface area contributed by atoms with Crippen molar-refractivity contribution in [3.05, 3.63) is 81.5 Å². The van der Waals surface area contributed by atoms with Gasteiger partial charge >= 0.3 is 0 Å². The Hall–Kier alpha value is -3.52. The molecular formula is C30H35N5O5S3. The highest BCUT2D eigenvalue weighted by Gasteiger charge is 2.22. The minimum absolute atomic E-state index is 0.0378. The quantitative estimate of drug-likeness (QED) is 0.137. The highest BCUT2D eigenvalue weighted by Crippen LogP contribution is 2.27. The fourth-order valence-corrected chi connectivity index (χ4v) is 6.72. The fraction of sp³-hybridized carbons (Fsp3) is 0.333. The molecule has 0 spiro atoms. The van der Waals surface area contributed by atoms with E-state index in [1.54, 1.807) is 22.8 Å². The molecular weight excluding hydrogens is 607 g/mol. The Balaban J connectivity index is 1.36. The van der Waals surface area contributed by atoms with Crippen LogP contribution in [0.25, 0.3) is 10.2 Å². The van der Waals surface area contributed by atoms with Crippen LogP contribution in [-0.4, -0.2) is 41.6 Å². The van der Waals surface area contributed by atoms with Crippen LogP contribution in [0.1, 0.15) is 44.2 Å². The lowest BCUT2D eigenvalue weighted by atomic mass is 10.1. The maximum Gasteiger partial charge on any atom is 0.272 e. The van der Waals surface area contributed by atoms with Gasteiger partial charge in [0.25, 0.3) is 5.56 Å². The number of primary sulfonamides is 1. The molecule has 13 heteroatoms. The molecule has 4 aromatic rings. The van der Waals surface area contributed by atoms with Crippen LogP contribution in [0, 0.1) is 0 Å². The molecule has 1 atom stereocenters. The molecule has 0 unspecified atom stereocenters. The normalized spacial score (nSPS) is 12.3. The van der Waals surface area contributed by atoms with Gasteiger partial charge in [0, 0.05) is 25.2 Å². The van der Waals surface area contributed by atoms with Crippen molar-refractivity contribution in [2.45, 2.75) is 67.8 Å². The highest BCUT2D eigenvalue weighted by molar-refractivity contribution is 8.00. The summed E-state index contributed by atoms with van der Waals surface area (Å²) < 4.78 is 24.9. The number of hydrogen-bond donors (Lipinski definition) is 3. The molecule has 0 saturated heterocycles. The number of aryl methyl sites for hydroxylation is 1. The predicted molar refractivity (Wildman–Crippen MR) is 172 cm³/mol. The number of thiophene rings is 1. The summed E-state index contributed by atoms with van der Waals surface area (Å²) in [6, 6.07) is 15.7. The minimum Gasteiger partial charge on any atom is -0.356 e. The zero-order valence-electron chi connectivity index (χ0n) is 24.0. The summed E-state index contributed by atoms with van der Waals surface area (Å²) in [5.41, 5.74) is 3.17. The molecule has 228 valence electrons. The zero-order valence-corrected chi connectivity index (χ0v) is 26.5. The number of nitrogens with zero attached hydrogens (tertiary/aromatic N) is 2. The van der Waals surface area contributed by atoms with E-state index in [9.17, 15) is 22.8 Å².